The summed E-state index contributed by atoms with van der Waals surface area (Å²) in [7, 11) is 1.92. The van der Waals surface area contributed by atoms with Crippen LogP contribution in [0.2, 0.25) is 0 Å². The first-order valence-corrected chi connectivity index (χ1v) is 8.71. The number of carbonyl (C=O) groups excluding carboxylic acids is 1. The average Bonchev–Trinajstić information content (AvgIpc) is 3.26. The van der Waals surface area contributed by atoms with Gasteiger partial charge in [0.1, 0.15) is 0 Å². The van der Waals surface area contributed by atoms with Crippen molar-refractivity contribution >= 4 is 18.3 Å². The lowest BCUT2D eigenvalue weighted by molar-refractivity contribution is -0.125. The quantitative estimate of drug-likeness (QED) is 0.882. The zero-order chi connectivity index (χ0) is 16.7. The SMILES string of the molecule is Cc1ccc2c(c1)CCC2NC(=O)[C@H]1CNC[C@@H]1c1cnn(C)c1.Cl. The Morgan fingerprint density at radius 2 is 2.20 bits per heavy atom. The second-order valence-electron chi connectivity index (χ2n) is 7.12. The Morgan fingerprint density at radius 3 is 2.96 bits per heavy atom. The van der Waals surface area contributed by atoms with E-state index in [1.165, 1.54) is 16.7 Å². The van der Waals surface area contributed by atoms with Crippen LogP contribution < -0.4 is 10.6 Å². The number of hydrogen-bond donors (Lipinski definition) is 2. The van der Waals surface area contributed by atoms with Crippen LogP contribution in [0.5, 0.6) is 0 Å². The van der Waals surface area contributed by atoms with E-state index in [2.05, 4.69) is 40.9 Å². The molecule has 2 heterocycles. The van der Waals surface area contributed by atoms with Gasteiger partial charge in [0.2, 0.25) is 5.91 Å². The predicted octanol–water partition coefficient (Wildman–Crippen LogP) is 2.26. The molecule has 2 N–H and O–H groups in total. The molecule has 1 saturated heterocycles. The Bertz CT molecular complexity index is 773. The van der Waals surface area contributed by atoms with E-state index in [0.29, 0.717) is 0 Å². The number of carbonyl (C=O) groups is 1. The van der Waals surface area contributed by atoms with Crippen molar-refractivity contribution in [3.8, 4) is 0 Å². The highest BCUT2D eigenvalue weighted by molar-refractivity contribution is 5.85. The van der Waals surface area contributed by atoms with Gasteiger partial charge in [-0.1, -0.05) is 23.8 Å². The molecular weight excluding hydrogens is 336 g/mol. The molecule has 134 valence electrons. The second kappa shape index (κ2) is 7.18. The minimum Gasteiger partial charge on any atom is -0.349 e. The van der Waals surface area contributed by atoms with E-state index < -0.39 is 0 Å². The van der Waals surface area contributed by atoms with Gasteiger partial charge in [0.15, 0.2) is 0 Å². The third-order valence-corrected chi connectivity index (χ3v) is 5.40. The van der Waals surface area contributed by atoms with E-state index in [9.17, 15) is 4.79 Å². The lowest BCUT2D eigenvalue weighted by Gasteiger charge is -2.21. The van der Waals surface area contributed by atoms with Gasteiger partial charge >= 0.3 is 0 Å². The summed E-state index contributed by atoms with van der Waals surface area (Å²) in [5.74, 6) is 0.341. The third-order valence-electron chi connectivity index (χ3n) is 5.40. The van der Waals surface area contributed by atoms with Crippen LogP contribution in [0.25, 0.3) is 0 Å². The number of benzene rings is 1. The second-order valence-corrected chi connectivity index (χ2v) is 7.12. The number of fused-ring (bicyclic) bond motifs is 1. The minimum atomic E-state index is -0.0244. The Labute approximate surface area is 154 Å². The lowest BCUT2D eigenvalue weighted by atomic mass is 9.90. The van der Waals surface area contributed by atoms with Crippen LogP contribution >= 0.6 is 12.4 Å². The average molecular weight is 361 g/mol. The van der Waals surface area contributed by atoms with Crippen LogP contribution in [0.1, 0.15) is 40.6 Å². The van der Waals surface area contributed by atoms with Crippen molar-refractivity contribution in [2.45, 2.75) is 31.7 Å². The summed E-state index contributed by atoms with van der Waals surface area (Å²) in [4.78, 5) is 12.9. The van der Waals surface area contributed by atoms with Crippen molar-refractivity contribution in [3.63, 3.8) is 0 Å². The van der Waals surface area contributed by atoms with E-state index in [0.717, 1.165) is 31.5 Å². The maximum atomic E-state index is 12.9. The molecule has 0 bridgehead atoms. The number of hydrogen-bond acceptors (Lipinski definition) is 3. The minimum absolute atomic E-state index is 0. The molecule has 1 aliphatic carbocycles. The van der Waals surface area contributed by atoms with Crippen LogP contribution in [0.4, 0.5) is 0 Å². The molecule has 5 nitrogen and oxygen atoms in total. The van der Waals surface area contributed by atoms with Gasteiger partial charge in [-0.25, -0.2) is 0 Å². The molecule has 1 aromatic heterocycles. The molecule has 6 heteroatoms. The number of aromatic nitrogens is 2. The van der Waals surface area contributed by atoms with Gasteiger partial charge in [-0.3, -0.25) is 9.48 Å². The van der Waals surface area contributed by atoms with Gasteiger partial charge in [-0.15, -0.1) is 12.4 Å². The van der Waals surface area contributed by atoms with Crippen LogP contribution in [0, 0.1) is 12.8 Å². The number of rotatable bonds is 3. The molecule has 1 aliphatic heterocycles. The number of amides is 1. The maximum Gasteiger partial charge on any atom is 0.225 e. The fourth-order valence-corrected chi connectivity index (χ4v) is 4.11. The molecule has 1 amide bonds. The largest absolute Gasteiger partial charge is 0.349 e. The van der Waals surface area contributed by atoms with Crippen LogP contribution in [-0.2, 0) is 18.3 Å². The zero-order valence-corrected chi connectivity index (χ0v) is 15.5. The van der Waals surface area contributed by atoms with E-state index >= 15 is 0 Å². The van der Waals surface area contributed by atoms with Crippen molar-refractivity contribution < 1.29 is 4.79 Å². The Morgan fingerprint density at radius 1 is 1.36 bits per heavy atom. The molecule has 0 saturated carbocycles. The molecule has 1 unspecified atom stereocenters. The zero-order valence-electron chi connectivity index (χ0n) is 14.7. The highest BCUT2D eigenvalue weighted by atomic mass is 35.5. The summed E-state index contributed by atoms with van der Waals surface area (Å²) < 4.78 is 1.80. The van der Waals surface area contributed by atoms with Crippen molar-refractivity contribution in [1.82, 2.24) is 20.4 Å². The third kappa shape index (κ3) is 3.44. The Kier molecular flexibility index (Phi) is 5.16. The Balaban J connectivity index is 0.00000182. The monoisotopic (exact) mass is 360 g/mol. The van der Waals surface area contributed by atoms with Crippen molar-refractivity contribution in [2.24, 2.45) is 13.0 Å². The number of halogens is 1. The normalized spacial score (nSPS) is 24.6. The lowest BCUT2D eigenvalue weighted by Crippen LogP contribution is -2.36. The summed E-state index contributed by atoms with van der Waals surface area (Å²) >= 11 is 0. The fourth-order valence-electron chi connectivity index (χ4n) is 4.11. The summed E-state index contributed by atoms with van der Waals surface area (Å²) in [6, 6.07) is 6.72. The topological polar surface area (TPSA) is 59.0 Å². The summed E-state index contributed by atoms with van der Waals surface area (Å²) in [6.07, 6.45) is 5.95. The molecule has 0 spiro atoms. The van der Waals surface area contributed by atoms with Gasteiger partial charge in [-0.2, -0.15) is 5.10 Å². The van der Waals surface area contributed by atoms with Crippen molar-refractivity contribution in [1.29, 1.82) is 0 Å². The fraction of sp³-hybridized carbons (Fsp3) is 0.474. The van der Waals surface area contributed by atoms with Crippen molar-refractivity contribution in [3.05, 3.63) is 52.8 Å². The predicted molar refractivity (Wildman–Crippen MR) is 99.9 cm³/mol. The van der Waals surface area contributed by atoms with E-state index in [1.54, 1.807) is 4.68 Å². The van der Waals surface area contributed by atoms with E-state index in [4.69, 9.17) is 0 Å². The number of nitrogens with one attached hydrogen (secondary N) is 2. The first-order chi connectivity index (χ1) is 11.6. The highest BCUT2D eigenvalue weighted by Gasteiger charge is 2.36. The summed E-state index contributed by atoms with van der Waals surface area (Å²) in [5, 5.41) is 10.9. The van der Waals surface area contributed by atoms with Crippen LogP contribution in [-0.4, -0.2) is 28.8 Å². The van der Waals surface area contributed by atoms with Gasteiger partial charge in [0, 0.05) is 32.3 Å². The molecule has 25 heavy (non-hydrogen) atoms. The van der Waals surface area contributed by atoms with Crippen LogP contribution in [0.3, 0.4) is 0 Å². The van der Waals surface area contributed by atoms with Crippen LogP contribution in [0.15, 0.2) is 30.6 Å². The smallest absolute Gasteiger partial charge is 0.225 e. The van der Waals surface area contributed by atoms with E-state index in [-0.39, 0.29) is 36.2 Å². The van der Waals surface area contributed by atoms with Gasteiger partial charge in [0.25, 0.3) is 0 Å². The van der Waals surface area contributed by atoms with Gasteiger partial charge in [0.05, 0.1) is 18.2 Å². The molecule has 3 atom stereocenters. The van der Waals surface area contributed by atoms with Gasteiger partial charge < -0.3 is 10.6 Å². The molecule has 0 radical (unpaired) electrons. The number of nitrogens with zero attached hydrogens (tertiary/aromatic N) is 2. The van der Waals surface area contributed by atoms with Gasteiger partial charge in [-0.05, 0) is 36.5 Å². The first-order valence-electron chi connectivity index (χ1n) is 8.71. The Hall–Kier alpha value is -1.85. The molecular formula is C19H25ClN4O. The summed E-state index contributed by atoms with van der Waals surface area (Å²) in [5.41, 5.74) is 5.11. The van der Waals surface area contributed by atoms with Crippen molar-refractivity contribution in [2.75, 3.05) is 13.1 Å². The maximum absolute atomic E-state index is 12.9. The molecule has 1 aromatic carbocycles. The molecule has 1 fully saturated rings. The van der Waals surface area contributed by atoms with E-state index in [1.807, 2.05) is 19.4 Å². The summed E-state index contributed by atoms with van der Waals surface area (Å²) in [6.45, 7) is 3.69. The molecule has 4 rings (SSSR count). The number of aryl methyl sites for hydroxylation is 3. The highest BCUT2D eigenvalue weighted by Crippen LogP contribution is 2.33. The molecule has 2 aliphatic rings. The first kappa shape index (κ1) is 18.0. The molecule has 2 aromatic rings. The standard InChI is InChI=1S/C19H24N4O.ClH/c1-12-3-5-15-13(7-12)4-6-18(15)22-19(24)17-10-20-9-16(17)14-8-21-23(2)11-14;/h3,5,7-8,11,16-18,20H,4,6,9-10H2,1-2H3,(H,22,24);1H/t16-,17+,18?;/m1./s1.